The molecule has 0 atom stereocenters. The second-order valence-corrected chi connectivity index (χ2v) is 4.82. The average molecular weight is 221 g/mol. The lowest BCUT2D eigenvalue weighted by Gasteiger charge is -2.01. The number of aryl methyl sites for hydroxylation is 1. The van der Waals surface area contributed by atoms with Crippen LogP contribution < -0.4 is 5.32 Å². The Morgan fingerprint density at radius 1 is 1.38 bits per heavy atom. The molecule has 0 radical (unpaired) electrons. The largest absolute Gasteiger partial charge is 0.337 e. The monoisotopic (exact) mass is 221 g/mol. The Labute approximate surface area is 98.3 Å². The van der Waals surface area contributed by atoms with Crippen molar-refractivity contribution in [2.75, 3.05) is 0 Å². The van der Waals surface area contributed by atoms with Crippen molar-refractivity contribution in [1.82, 2.24) is 14.9 Å². The molecule has 1 aliphatic carbocycles. The van der Waals surface area contributed by atoms with Crippen molar-refractivity contribution in [3.05, 3.63) is 18.2 Å². The fourth-order valence-corrected chi connectivity index (χ4v) is 1.88. The van der Waals surface area contributed by atoms with Crippen LogP contribution in [0.5, 0.6) is 0 Å². The minimum atomic E-state index is 0.773. The van der Waals surface area contributed by atoms with E-state index in [1.165, 1.54) is 44.2 Å². The molecule has 0 spiro atoms. The molecule has 16 heavy (non-hydrogen) atoms. The summed E-state index contributed by atoms with van der Waals surface area (Å²) in [5, 5.41) is 3.49. The van der Waals surface area contributed by atoms with Gasteiger partial charge < -0.3 is 9.88 Å². The zero-order chi connectivity index (χ0) is 11.2. The molecule has 1 N–H and O–H groups in total. The second-order valence-electron chi connectivity index (χ2n) is 4.82. The summed E-state index contributed by atoms with van der Waals surface area (Å²) in [6.45, 7) is 4.31. The van der Waals surface area contributed by atoms with Gasteiger partial charge in [-0.2, -0.15) is 0 Å². The fourth-order valence-electron chi connectivity index (χ4n) is 1.88. The van der Waals surface area contributed by atoms with Gasteiger partial charge in [0.25, 0.3) is 0 Å². The van der Waals surface area contributed by atoms with Gasteiger partial charge in [0.05, 0.1) is 12.0 Å². The third kappa shape index (κ3) is 3.97. The molecule has 90 valence electrons. The van der Waals surface area contributed by atoms with Crippen molar-refractivity contribution in [2.45, 2.75) is 64.6 Å². The molecule has 0 saturated heterocycles. The van der Waals surface area contributed by atoms with Gasteiger partial charge in [0.1, 0.15) is 0 Å². The van der Waals surface area contributed by atoms with Crippen molar-refractivity contribution in [3.8, 4) is 0 Å². The van der Waals surface area contributed by atoms with E-state index in [0.717, 1.165) is 19.1 Å². The van der Waals surface area contributed by atoms with Gasteiger partial charge in [-0.3, -0.25) is 0 Å². The predicted octanol–water partition coefficient (Wildman–Crippen LogP) is 2.72. The van der Waals surface area contributed by atoms with E-state index in [4.69, 9.17) is 0 Å². The van der Waals surface area contributed by atoms with Crippen LogP contribution in [0.2, 0.25) is 0 Å². The lowest BCUT2D eigenvalue weighted by molar-refractivity contribution is 0.581. The smallest absolute Gasteiger partial charge is 0.0949 e. The summed E-state index contributed by atoms with van der Waals surface area (Å²) in [6, 6.07) is 0.773. The molecule has 1 aromatic heterocycles. The van der Waals surface area contributed by atoms with Crippen molar-refractivity contribution >= 4 is 0 Å². The van der Waals surface area contributed by atoms with Gasteiger partial charge in [0, 0.05) is 25.3 Å². The Morgan fingerprint density at radius 3 is 3.00 bits per heavy atom. The van der Waals surface area contributed by atoms with E-state index >= 15 is 0 Å². The number of aromatic nitrogens is 2. The number of unbranched alkanes of at least 4 members (excludes halogenated alkanes) is 3. The first-order valence-corrected chi connectivity index (χ1v) is 6.62. The molecule has 1 fully saturated rings. The highest BCUT2D eigenvalue weighted by atomic mass is 15.1. The number of hydrogen-bond acceptors (Lipinski definition) is 2. The molecule has 1 saturated carbocycles. The van der Waals surface area contributed by atoms with Gasteiger partial charge in [-0.25, -0.2) is 4.98 Å². The number of nitrogens with zero attached hydrogens (tertiary/aromatic N) is 2. The van der Waals surface area contributed by atoms with E-state index in [9.17, 15) is 0 Å². The Balaban J connectivity index is 1.64. The quantitative estimate of drug-likeness (QED) is 0.684. The molecule has 1 aliphatic rings. The van der Waals surface area contributed by atoms with Crippen molar-refractivity contribution in [2.24, 2.45) is 0 Å². The summed E-state index contributed by atoms with van der Waals surface area (Å²) in [5.74, 6) is 0. The zero-order valence-corrected chi connectivity index (χ0v) is 10.3. The van der Waals surface area contributed by atoms with E-state index < -0.39 is 0 Å². The van der Waals surface area contributed by atoms with Crippen molar-refractivity contribution in [1.29, 1.82) is 0 Å². The normalized spacial score (nSPS) is 15.6. The van der Waals surface area contributed by atoms with Crippen molar-refractivity contribution < 1.29 is 0 Å². The van der Waals surface area contributed by atoms with Gasteiger partial charge >= 0.3 is 0 Å². The highest BCUT2D eigenvalue weighted by Gasteiger charge is 2.20. The summed E-state index contributed by atoms with van der Waals surface area (Å²) in [6.07, 6.45) is 12.1. The fraction of sp³-hybridized carbons (Fsp3) is 0.769. The van der Waals surface area contributed by atoms with E-state index in [1.54, 1.807) is 0 Å². The first kappa shape index (κ1) is 11.6. The molecule has 3 heteroatoms. The summed E-state index contributed by atoms with van der Waals surface area (Å²) in [7, 11) is 0. The highest BCUT2D eigenvalue weighted by molar-refractivity contribution is 4.97. The Bertz CT molecular complexity index is 302. The molecule has 0 bridgehead atoms. The molecule has 0 aromatic carbocycles. The van der Waals surface area contributed by atoms with E-state index in [2.05, 4.69) is 28.0 Å². The summed E-state index contributed by atoms with van der Waals surface area (Å²) < 4.78 is 2.22. The average Bonchev–Trinajstić information content (AvgIpc) is 3.02. The zero-order valence-electron chi connectivity index (χ0n) is 10.3. The van der Waals surface area contributed by atoms with Gasteiger partial charge in [-0.1, -0.05) is 26.2 Å². The molecular formula is C13H23N3. The minimum absolute atomic E-state index is 0.773. The van der Waals surface area contributed by atoms with Crippen LogP contribution >= 0.6 is 0 Å². The van der Waals surface area contributed by atoms with Crippen LogP contribution in [0, 0.1) is 0 Å². The summed E-state index contributed by atoms with van der Waals surface area (Å²) in [4.78, 5) is 4.42. The van der Waals surface area contributed by atoms with Crippen molar-refractivity contribution in [3.63, 3.8) is 0 Å². The van der Waals surface area contributed by atoms with Gasteiger partial charge in [0.15, 0.2) is 0 Å². The summed E-state index contributed by atoms with van der Waals surface area (Å²) >= 11 is 0. The number of rotatable bonds is 8. The maximum atomic E-state index is 4.42. The Kier molecular flexibility index (Phi) is 4.40. The highest BCUT2D eigenvalue weighted by Crippen LogP contribution is 2.18. The molecular weight excluding hydrogens is 198 g/mol. The molecule has 1 aromatic rings. The first-order chi connectivity index (χ1) is 7.88. The SMILES string of the molecule is CCCCCCn1cnc(CNC2CC2)c1. The molecule has 1 heterocycles. The number of nitrogens with one attached hydrogen (secondary N) is 1. The molecule has 3 nitrogen and oxygen atoms in total. The van der Waals surface area contributed by atoms with Crippen LogP contribution in [0.25, 0.3) is 0 Å². The van der Waals surface area contributed by atoms with Gasteiger partial charge in [0.2, 0.25) is 0 Å². The lowest BCUT2D eigenvalue weighted by Crippen LogP contribution is -2.15. The topological polar surface area (TPSA) is 29.9 Å². The molecule has 0 unspecified atom stereocenters. The van der Waals surface area contributed by atoms with Crippen LogP contribution in [-0.4, -0.2) is 15.6 Å². The Morgan fingerprint density at radius 2 is 2.25 bits per heavy atom. The molecule has 0 aliphatic heterocycles. The standard InChI is InChI=1S/C13H23N3/c1-2-3-4-5-8-16-10-13(15-11-16)9-14-12-6-7-12/h10-12,14H,2-9H2,1H3. The third-order valence-electron chi connectivity index (χ3n) is 3.11. The van der Waals surface area contributed by atoms with E-state index in [1.807, 2.05) is 6.33 Å². The molecule has 2 rings (SSSR count). The third-order valence-corrected chi connectivity index (χ3v) is 3.11. The maximum absolute atomic E-state index is 4.42. The van der Waals surface area contributed by atoms with Crippen LogP contribution in [0.3, 0.4) is 0 Å². The predicted molar refractivity (Wildman–Crippen MR) is 66.2 cm³/mol. The maximum Gasteiger partial charge on any atom is 0.0949 e. The first-order valence-electron chi connectivity index (χ1n) is 6.62. The number of imidazole rings is 1. The van der Waals surface area contributed by atoms with Crippen LogP contribution in [0.1, 0.15) is 51.1 Å². The van der Waals surface area contributed by atoms with Crippen LogP contribution in [-0.2, 0) is 13.1 Å². The van der Waals surface area contributed by atoms with Gasteiger partial charge in [-0.15, -0.1) is 0 Å². The van der Waals surface area contributed by atoms with Crippen LogP contribution in [0.4, 0.5) is 0 Å². The minimum Gasteiger partial charge on any atom is -0.337 e. The van der Waals surface area contributed by atoms with E-state index in [0.29, 0.717) is 0 Å². The summed E-state index contributed by atoms with van der Waals surface area (Å²) in [5.41, 5.74) is 1.18. The lowest BCUT2D eigenvalue weighted by atomic mass is 10.2. The Hall–Kier alpha value is -0.830. The molecule has 0 amide bonds. The van der Waals surface area contributed by atoms with E-state index in [-0.39, 0.29) is 0 Å². The second kappa shape index (κ2) is 6.04. The van der Waals surface area contributed by atoms with Gasteiger partial charge in [-0.05, 0) is 19.3 Å². The van der Waals surface area contributed by atoms with Crippen LogP contribution in [0.15, 0.2) is 12.5 Å². The number of hydrogen-bond donors (Lipinski definition) is 1.